The monoisotopic (exact) mass is 340 g/mol. The number of rotatable bonds is 2. The van der Waals surface area contributed by atoms with Gasteiger partial charge in [0.05, 0.1) is 5.39 Å². The van der Waals surface area contributed by atoms with E-state index in [0.717, 1.165) is 11.1 Å². The van der Waals surface area contributed by atoms with Gasteiger partial charge in [-0.3, -0.25) is 4.79 Å². The zero-order chi connectivity index (χ0) is 14.8. The number of fused-ring (bicyclic) bond motifs is 1. The highest BCUT2D eigenvalue weighted by Gasteiger charge is 2.10. The maximum atomic E-state index is 12.3. The van der Waals surface area contributed by atoms with E-state index in [1.807, 2.05) is 61.5 Å². The molecule has 0 bridgehead atoms. The fraction of sp³-hybridized carbons (Fsp3) is 0.0556. The van der Waals surface area contributed by atoms with E-state index in [0.29, 0.717) is 21.2 Å². The van der Waals surface area contributed by atoms with Crippen LogP contribution in [0.1, 0.15) is 16.9 Å². The van der Waals surface area contributed by atoms with Crippen LogP contribution in [0.15, 0.2) is 62.2 Å². The second-order valence-corrected chi connectivity index (χ2v) is 5.65. The predicted molar refractivity (Wildman–Crippen MR) is 90.3 cm³/mol. The Balaban J connectivity index is 2.13. The average Bonchev–Trinajstić information content (AvgIpc) is 2.50. The van der Waals surface area contributed by atoms with Crippen molar-refractivity contribution in [1.29, 1.82) is 0 Å². The molecule has 0 aliphatic carbocycles. The molecule has 0 radical (unpaired) electrons. The summed E-state index contributed by atoms with van der Waals surface area (Å²) in [6.45, 7) is 1.97. The minimum atomic E-state index is -0.0519. The first-order valence-corrected chi connectivity index (χ1v) is 7.40. The fourth-order valence-electron chi connectivity index (χ4n) is 2.14. The molecule has 0 spiro atoms. The Bertz CT molecular complexity index is 877. The summed E-state index contributed by atoms with van der Waals surface area (Å²) < 4.78 is 6.29. The molecule has 0 fully saturated rings. The van der Waals surface area contributed by atoms with Gasteiger partial charge < -0.3 is 4.42 Å². The lowest BCUT2D eigenvalue weighted by atomic mass is 10.1. The van der Waals surface area contributed by atoms with Gasteiger partial charge in [0.25, 0.3) is 0 Å². The van der Waals surface area contributed by atoms with Crippen molar-refractivity contribution in [3.8, 4) is 0 Å². The van der Waals surface area contributed by atoms with Crippen LogP contribution in [0.3, 0.4) is 0 Å². The topological polar surface area (TPSA) is 30.2 Å². The summed E-state index contributed by atoms with van der Waals surface area (Å²) in [5.74, 6) is 0.530. The molecular weight excluding hydrogens is 328 g/mol. The van der Waals surface area contributed by atoms with E-state index in [2.05, 4.69) is 15.9 Å². The summed E-state index contributed by atoms with van der Waals surface area (Å²) in [4.78, 5) is 12.3. The second-order valence-electron chi connectivity index (χ2n) is 4.85. The molecule has 0 aliphatic rings. The largest absolute Gasteiger partial charge is 0.455 e. The van der Waals surface area contributed by atoms with E-state index >= 15 is 0 Å². The van der Waals surface area contributed by atoms with Crippen molar-refractivity contribution in [2.24, 2.45) is 0 Å². The van der Waals surface area contributed by atoms with Gasteiger partial charge in [-0.05, 0) is 52.2 Å². The molecule has 1 heterocycles. The summed E-state index contributed by atoms with van der Waals surface area (Å²) in [6, 6.07) is 15.5. The highest BCUT2D eigenvalue weighted by molar-refractivity contribution is 9.10. The third-order valence-corrected chi connectivity index (χ3v) is 3.99. The molecule has 3 rings (SSSR count). The van der Waals surface area contributed by atoms with Gasteiger partial charge in [0.15, 0.2) is 0 Å². The van der Waals surface area contributed by atoms with E-state index in [4.69, 9.17) is 4.42 Å². The van der Waals surface area contributed by atoms with Crippen LogP contribution in [0, 0.1) is 6.92 Å². The van der Waals surface area contributed by atoms with Crippen molar-refractivity contribution in [2.75, 3.05) is 0 Å². The van der Waals surface area contributed by atoms with Crippen molar-refractivity contribution in [2.45, 2.75) is 6.92 Å². The third kappa shape index (κ3) is 2.83. The molecule has 0 amide bonds. The molecule has 0 atom stereocenters. The minimum absolute atomic E-state index is 0.0519. The second kappa shape index (κ2) is 5.70. The van der Waals surface area contributed by atoms with E-state index in [1.165, 1.54) is 0 Å². The summed E-state index contributed by atoms with van der Waals surface area (Å²) in [5.41, 5.74) is 2.67. The number of benzene rings is 2. The Morgan fingerprint density at radius 1 is 1.05 bits per heavy atom. The van der Waals surface area contributed by atoms with Crippen LogP contribution in [0.25, 0.3) is 23.1 Å². The van der Waals surface area contributed by atoms with Crippen molar-refractivity contribution < 1.29 is 4.42 Å². The molecule has 3 heteroatoms. The molecule has 0 aliphatic heterocycles. The number of hydrogen-bond donors (Lipinski definition) is 0. The van der Waals surface area contributed by atoms with Crippen LogP contribution in [-0.4, -0.2) is 0 Å². The van der Waals surface area contributed by atoms with E-state index in [1.54, 1.807) is 6.07 Å². The van der Waals surface area contributed by atoms with Crippen LogP contribution in [0.4, 0.5) is 0 Å². The molecular formula is C18H13BrO2. The zero-order valence-electron chi connectivity index (χ0n) is 11.5. The summed E-state index contributed by atoms with van der Waals surface area (Å²) in [6.07, 6.45) is 3.73. The first kappa shape index (κ1) is 13.8. The number of aryl methyl sites for hydroxylation is 1. The van der Waals surface area contributed by atoms with Gasteiger partial charge in [0.2, 0.25) is 5.43 Å². The normalized spacial score (nSPS) is 11.3. The quantitative estimate of drug-likeness (QED) is 0.654. The van der Waals surface area contributed by atoms with Crippen LogP contribution < -0.4 is 5.43 Å². The van der Waals surface area contributed by atoms with E-state index < -0.39 is 0 Å². The molecule has 0 unspecified atom stereocenters. The van der Waals surface area contributed by atoms with E-state index in [9.17, 15) is 4.79 Å². The Labute approximate surface area is 130 Å². The molecule has 0 N–H and O–H groups in total. The average molecular weight is 341 g/mol. The predicted octanol–water partition coefficient (Wildman–Crippen LogP) is 5.03. The standard InChI is InChI=1S/C18H13BrO2/c1-12-7-9-14-16(11-12)21-15(17(19)18(14)20)10-8-13-5-3-2-4-6-13/h2-11H,1H3. The van der Waals surface area contributed by atoms with Crippen molar-refractivity contribution in [1.82, 2.24) is 0 Å². The highest BCUT2D eigenvalue weighted by Crippen LogP contribution is 2.22. The lowest BCUT2D eigenvalue weighted by molar-refractivity contribution is 0.587. The van der Waals surface area contributed by atoms with Crippen LogP contribution in [0.5, 0.6) is 0 Å². The van der Waals surface area contributed by atoms with Gasteiger partial charge in [-0.15, -0.1) is 0 Å². The lowest BCUT2D eigenvalue weighted by Gasteiger charge is -2.03. The number of halogens is 1. The van der Waals surface area contributed by atoms with Gasteiger partial charge in [-0.1, -0.05) is 42.5 Å². The molecule has 3 aromatic rings. The maximum Gasteiger partial charge on any atom is 0.207 e. The molecule has 104 valence electrons. The molecule has 1 aromatic heterocycles. The fourth-order valence-corrected chi connectivity index (χ4v) is 2.56. The Kier molecular flexibility index (Phi) is 3.76. The molecule has 2 aromatic carbocycles. The van der Waals surface area contributed by atoms with Crippen LogP contribution >= 0.6 is 15.9 Å². The lowest BCUT2D eigenvalue weighted by Crippen LogP contribution is -2.04. The van der Waals surface area contributed by atoms with Gasteiger partial charge in [-0.2, -0.15) is 0 Å². The highest BCUT2D eigenvalue weighted by atomic mass is 79.9. The van der Waals surface area contributed by atoms with Gasteiger partial charge in [0, 0.05) is 0 Å². The summed E-state index contributed by atoms with van der Waals surface area (Å²) in [7, 11) is 0. The molecule has 0 saturated heterocycles. The maximum absolute atomic E-state index is 12.3. The SMILES string of the molecule is Cc1ccc2c(=O)c(Br)c(C=Cc3ccccc3)oc2c1. The Morgan fingerprint density at radius 2 is 1.81 bits per heavy atom. The Hall–Kier alpha value is -2.13. The van der Waals surface area contributed by atoms with Gasteiger partial charge >= 0.3 is 0 Å². The van der Waals surface area contributed by atoms with Crippen molar-refractivity contribution in [3.63, 3.8) is 0 Å². The third-order valence-electron chi connectivity index (χ3n) is 3.24. The smallest absolute Gasteiger partial charge is 0.207 e. The zero-order valence-corrected chi connectivity index (χ0v) is 13.1. The molecule has 2 nitrogen and oxygen atoms in total. The van der Waals surface area contributed by atoms with Gasteiger partial charge in [-0.25, -0.2) is 0 Å². The van der Waals surface area contributed by atoms with Gasteiger partial charge in [0.1, 0.15) is 15.8 Å². The summed E-state index contributed by atoms with van der Waals surface area (Å²) >= 11 is 3.34. The van der Waals surface area contributed by atoms with Crippen LogP contribution in [-0.2, 0) is 0 Å². The first-order chi connectivity index (χ1) is 10.1. The molecule has 0 saturated carbocycles. The van der Waals surface area contributed by atoms with Crippen LogP contribution in [0.2, 0.25) is 0 Å². The minimum Gasteiger partial charge on any atom is -0.455 e. The Morgan fingerprint density at radius 3 is 2.57 bits per heavy atom. The molecule has 21 heavy (non-hydrogen) atoms. The van der Waals surface area contributed by atoms with Crippen molar-refractivity contribution in [3.05, 3.63) is 80.1 Å². The summed E-state index contributed by atoms with van der Waals surface area (Å²) in [5, 5.41) is 0.587. The first-order valence-electron chi connectivity index (χ1n) is 6.61. The van der Waals surface area contributed by atoms with Crippen molar-refractivity contribution >= 4 is 39.1 Å². The van der Waals surface area contributed by atoms with E-state index in [-0.39, 0.29) is 5.43 Å². The number of hydrogen-bond acceptors (Lipinski definition) is 2.